The summed E-state index contributed by atoms with van der Waals surface area (Å²) in [6.07, 6.45) is 3.03. The van der Waals surface area contributed by atoms with Crippen molar-refractivity contribution in [1.29, 1.82) is 0 Å². The van der Waals surface area contributed by atoms with Crippen molar-refractivity contribution in [2.45, 2.75) is 50.1 Å². The maximum absolute atomic E-state index is 12.4. The van der Waals surface area contributed by atoms with Crippen LogP contribution in [0.3, 0.4) is 0 Å². The van der Waals surface area contributed by atoms with Crippen LogP contribution in [0.1, 0.15) is 49.4 Å². The summed E-state index contributed by atoms with van der Waals surface area (Å²) in [6.45, 7) is 3.95. The second-order valence-electron chi connectivity index (χ2n) is 6.96. The fourth-order valence-electron chi connectivity index (χ4n) is 2.82. The van der Waals surface area contributed by atoms with E-state index in [9.17, 15) is 13.2 Å². The van der Waals surface area contributed by atoms with Crippen LogP contribution in [0.5, 0.6) is 0 Å². The van der Waals surface area contributed by atoms with E-state index >= 15 is 0 Å². The number of carbonyl (C=O) groups excluding carboxylic acids is 1. The highest BCUT2D eigenvalue weighted by atomic mass is 35.5. The highest BCUT2D eigenvalue weighted by molar-refractivity contribution is 7.90. The van der Waals surface area contributed by atoms with Gasteiger partial charge in [0.05, 0.1) is 10.9 Å². The molecule has 7 heteroatoms. The third-order valence-electron chi connectivity index (χ3n) is 4.47. The number of amides is 1. The Hall–Kier alpha value is -1.89. The second kappa shape index (κ2) is 10.6. The van der Waals surface area contributed by atoms with Gasteiger partial charge in [-0.3, -0.25) is 4.79 Å². The minimum Gasteiger partial charge on any atom is -0.345 e. The number of halogens is 1. The van der Waals surface area contributed by atoms with E-state index in [1.165, 1.54) is 11.8 Å². The van der Waals surface area contributed by atoms with Gasteiger partial charge in [0.15, 0.2) is 9.84 Å². The van der Waals surface area contributed by atoms with Gasteiger partial charge in [-0.05, 0) is 48.6 Å². The van der Waals surface area contributed by atoms with E-state index in [-0.39, 0.29) is 29.3 Å². The quantitative estimate of drug-likeness (QED) is 0.679. The van der Waals surface area contributed by atoms with E-state index in [0.717, 1.165) is 17.5 Å². The Morgan fingerprint density at radius 1 is 1.11 bits per heavy atom. The summed E-state index contributed by atoms with van der Waals surface area (Å²) in [4.78, 5) is 12.7. The zero-order valence-corrected chi connectivity index (χ0v) is 18.1. The summed E-state index contributed by atoms with van der Waals surface area (Å²) in [5.41, 5.74) is 8.59. The normalized spacial score (nSPS) is 13.3. The molecule has 0 heterocycles. The minimum absolute atomic E-state index is 0. The fourth-order valence-corrected chi connectivity index (χ4v) is 3.50. The zero-order valence-electron chi connectivity index (χ0n) is 16.5. The molecule has 0 aliphatic heterocycles. The predicted molar refractivity (Wildman–Crippen MR) is 115 cm³/mol. The topological polar surface area (TPSA) is 89.3 Å². The van der Waals surface area contributed by atoms with Gasteiger partial charge < -0.3 is 11.1 Å². The number of benzene rings is 2. The number of nitrogens with one attached hydrogen (secondary N) is 1. The first kappa shape index (κ1) is 24.1. The van der Waals surface area contributed by atoms with Crippen LogP contribution in [0.25, 0.3) is 0 Å². The van der Waals surface area contributed by atoms with Crippen molar-refractivity contribution in [1.82, 2.24) is 5.32 Å². The zero-order chi connectivity index (χ0) is 20.0. The number of aryl methyl sites for hydroxylation is 1. The highest BCUT2D eigenvalue weighted by Crippen LogP contribution is 2.25. The van der Waals surface area contributed by atoms with Crippen molar-refractivity contribution in [2.24, 2.45) is 5.73 Å². The van der Waals surface area contributed by atoms with Gasteiger partial charge in [0.2, 0.25) is 5.91 Å². The van der Waals surface area contributed by atoms with E-state index < -0.39 is 15.9 Å². The molecule has 0 radical (unpaired) electrons. The summed E-state index contributed by atoms with van der Waals surface area (Å²) < 4.78 is 23.9. The molecule has 154 valence electrons. The van der Waals surface area contributed by atoms with Crippen LogP contribution in [-0.2, 0) is 21.1 Å². The van der Waals surface area contributed by atoms with Gasteiger partial charge in [0.25, 0.3) is 0 Å². The number of rotatable bonds is 8. The van der Waals surface area contributed by atoms with Crippen molar-refractivity contribution in [3.05, 3.63) is 65.2 Å². The van der Waals surface area contributed by atoms with Crippen molar-refractivity contribution >= 4 is 28.2 Å². The van der Waals surface area contributed by atoms with Crippen molar-refractivity contribution in [3.63, 3.8) is 0 Å². The Labute approximate surface area is 174 Å². The lowest BCUT2D eigenvalue weighted by Crippen LogP contribution is -2.30. The second-order valence-corrected chi connectivity index (χ2v) is 8.97. The lowest BCUT2D eigenvalue weighted by atomic mass is 9.97. The number of hydrogen-bond donors (Lipinski definition) is 2. The average Bonchev–Trinajstić information content (AvgIpc) is 2.64. The average molecular weight is 425 g/mol. The smallest absolute Gasteiger partial charge is 0.220 e. The van der Waals surface area contributed by atoms with Gasteiger partial charge in [0.1, 0.15) is 0 Å². The molecule has 2 rings (SSSR count). The van der Waals surface area contributed by atoms with Gasteiger partial charge in [-0.25, -0.2) is 8.42 Å². The molecule has 1 amide bonds. The number of nitrogens with two attached hydrogens (primary N) is 1. The molecule has 0 fully saturated rings. The molecule has 28 heavy (non-hydrogen) atoms. The molecule has 3 N–H and O–H groups in total. The van der Waals surface area contributed by atoms with Gasteiger partial charge in [-0.1, -0.05) is 43.3 Å². The molecule has 5 nitrogen and oxygen atoms in total. The van der Waals surface area contributed by atoms with Crippen LogP contribution in [0.4, 0.5) is 0 Å². The van der Waals surface area contributed by atoms with E-state index in [4.69, 9.17) is 5.73 Å². The van der Waals surface area contributed by atoms with E-state index in [0.29, 0.717) is 12.8 Å². The first-order valence-electron chi connectivity index (χ1n) is 9.14. The van der Waals surface area contributed by atoms with Gasteiger partial charge in [-0.15, -0.1) is 12.4 Å². The summed E-state index contributed by atoms with van der Waals surface area (Å²) in [7, 11) is -3.33. The third kappa shape index (κ3) is 6.93. The first-order chi connectivity index (χ1) is 12.7. The van der Waals surface area contributed by atoms with Crippen LogP contribution >= 0.6 is 12.4 Å². The highest BCUT2D eigenvalue weighted by Gasteiger charge is 2.19. The SMILES string of the molecule is CCc1ccc(C(NC(=O)CCC(C)N)c2cccc(S(C)(=O)=O)c2)cc1.Cl. The molecule has 2 atom stereocenters. The summed E-state index contributed by atoms with van der Waals surface area (Å²) in [5, 5.41) is 3.03. The molecule has 0 bridgehead atoms. The summed E-state index contributed by atoms with van der Waals surface area (Å²) in [6, 6.07) is 14.3. The van der Waals surface area contributed by atoms with Crippen molar-refractivity contribution in [2.75, 3.05) is 6.26 Å². The lowest BCUT2D eigenvalue weighted by molar-refractivity contribution is -0.121. The molecule has 2 unspecified atom stereocenters. The monoisotopic (exact) mass is 424 g/mol. The molecule has 0 spiro atoms. The summed E-state index contributed by atoms with van der Waals surface area (Å²) >= 11 is 0. The number of sulfone groups is 1. The Kier molecular flexibility index (Phi) is 9.14. The largest absolute Gasteiger partial charge is 0.345 e. The fraction of sp³-hybridized carbons (Fsp3) is 0.381. The van der Waals surface area contributed by atoms with Gasteiger partial charge in [0, 0.05) is 18.7 Å². The maximum Gasteiger partial charge on any atom is 0.220 e. The Morgan fingerprint density at radius 3 is 2.29 bits per heavy atom. The molecular weight excluding hydrogens is 396 g/mol. The molecule has 2 aromatic carbocycles. The van der Waals surface area contributed by atoms with E-state index in [1.54, 1.807) is 18.2 Å². The maximum atomic E-state index is 12.4. The molecule has 0 saturated carbocycles. The third-order valence-corrected chi connectivity index (χ3v) is 5.58. The number of hydrogen-bond acceptors (Lipinski definition) is 4. The van der Waals surface area contributed by atoms with Crippen molar-refractivity contribution in [3.8, 4) is 0 Å². The van der Waals surface area contributed by atoms with Crippen LogP contribution in [0, 0.1) is 0 Å². The Morgan fingerprint density at radius 2 is 1.75 bits per heavy atom. The molecular formula is C21H29ClN2O3S. The van der Waals surface area contributed by atoms with E-state index in [1.807, 2.05) is 37.3 Å². The van der Waals surface area contributed by atoms with Crippen LogP contribution < -0.4 is 11.1 Å². The van der Waals surface area contributed by atoms with Crippen LogP contribution in [0.15, 0.2) is 53.4 Å². The first-order valence-corrected chi connectivity index (χ1v) is 11.0. The molecule has 0 saturated heterocycles. The molecule has 0 aromatic heterocycles. The molecule has 2 aromatic rings. The van der Waals surface area contributed by atoms with E-state index in [2.05, 4.69) is 12.2 Å². The van der Waals surface area contributed by atoms with Gasteiger partial charge in [-0.2, -0.15) is 0 Å². The predicted octanol–water partition coefficient (Wildman–Crippen LogP) is 3.41. The Balaban J connectivity index is 0.00000392. The van der Waals surface area contributed by atoms with Gasteiger partial charge >= 0.3 is 0 Å². The standard InChI is InChI=1S/C21H28N2O3S.ClH/c1-4-16-9-11-17(12-10-16)21(23-20(24)13-8-15(2)22)18-6-5-7-19(14-18)27(3,25)26;/h5-7,9-12,14-15,21H,4,8,13,22H2,1-3H3,(H,23,24);1H. The number of carbonyl (C=O) groups is 1. The lowest BCUT2D eigenvalue weighted by Gasteiger charge is -2.21. The van der Waals surface area contributed by atoms with Crippen LogP contribution in [-0.4, -0.2) is 26.6 Å². The molecule has 0 aliphatic carbocycles. The van der Waals surface area contributed by atoms with Crippen molar-refractivity contribution < 1.29 is 13.2 Å². The van der Waals surface area contributed by atoms with Crippen LogP contribution in [0.2, 0.25) is 0 Å². The molecule has 0 aliphatic rings. The summed E-state index contributed by atoms with van der Waals surface area (Å²) in [5.74, 6) is -0.110. The minimum atomic E-state index is -3.33. The Bertz CT molecular complexity index is 881.